The number of rotatable bonds is 9. The highest BCUT2D eigenvalue weighted by Gasteiger charge is 2.07. The van der Waals surface area contributed by atoms with Gasteiger partial charge < -0.3 is 9.47 Å². The lowest BCUT2D eigenvalue weighted by Crippen LogP contribution is -1.97. The number of benzene rings is 2. The van der Waals surface area contributed by atoms with Crippen LogP contribution in [0.25, 0.3) is 0 Å². The molecule has 0 radical (unpaired) electrons. The fourth-order valence-corrected chi connectivity index (χ4v) is 3.22. The number of ether oxygens (including phenoxy) is 2. The molecule has 0 fully saturated rings. The number of nitrogens with two attached hydrogens (primary N) is 1. The molecule has 156 valence electrons. The van der Waals surface area contributed by atoms with Gasteiger partial charge in [0.15, 0.2) is 0 Å². The zero-order valence-corrected chi connectivity index (χ0v) is 18.5. The first-order chi connectivity index (χ1) is 13.4. The molecule has 0 unspecified atom stereocenters. The monoisotopic (exact) mass is 407 g/mol. The van der Waals surface area contributed by atoms with Gasteiger partial charge >= 0.3 is 0 Å². The summed E-state index contributed by atoms with van der Waals surface area (Å²) in [6, 6.07) is 14.3. The Kier molecular flexibility index (Phi) is 11.7. The Bertz CT molecular complexity index is 675. The van der Waals surface area contributed by atoms with Crippen molar-refractivity contribution < 1.29 is 18.8 Å². The summed E-state index contributed by atoms with van der Waals surface area (Å²) in [5, 5.41) is 0. The van der Waals surface area contributed by atoms with Crippen molar-refractivity contribution >= 4 is 12.0 Å². The van der Waals surface area contributed by atoms with Crippen molar-refractivity contribution in [1.82, 2.24) is 0 Å². The summed E-state index contributed by atoms with van der Waals surface area (Å²) in [5.41, 5.74) is 2.62. The molecule has 2 N–H and O–H groups in total. The summed E-state index contributed by atoms with van der Waals surface area (Å²) in [7, 11) is 3.31. The van der Waals surface area contributed by atoms with E-state index in [-0.39, 0.29) is 0 Å². The molecule has 2 aromatic carbocycles. The zero-order valence-electron chi connectivity index (χ0n) is 17.7. The Balaban J connectivity index is 0.000000292. The van der Waals surface area contributed by atoms with E-state index in [1.54, 1.807) is 14.2 Å². The molecule has 0 saturated heterocycles. The normalized spacial score (nSPS) is 10.6. The fourth-order valence-electron chi connectivity index (χ4n) is 2.67. The van der Waals surface area contributed by atoms with Gasteiger partial charge in [-0.1, -0.05) is 45.9 Å². The molecule has 0 aliphatic rings. The Morgan fingerprint density at radius 2 is 1.39 bits per heavy atom. The third-order valence-electron chi connectivity index (χ3n) is 3.84. The number of hydrogen-bond donors (Lipinski definition) is 1. The third kappa shape index (κ3) is 9.46. The quantitative estimate of drug-likeness (QED) is 0.331. The van der Waals surface area contributed by atoms with Crippen molar-refractivity contribution in [1.29, 1.82) is 0 Å². The molecule has 0 bridgehead atoms. The molecule has 0 aliphatic carbocycles. The van der Waals surface area contributed by atoms with Gasteiger partial charge in [-0.05, 0) is 60.1 Å². The first-order valence-corrected chi connectivity index (χ1v) is 10.1. The standard InChI is InChI=1S/C11H17NO3S.C11H16O/c1-8(2)6-9-4-5-10(13-3)11(7-9)16-15-14-12;1-9(2)8-10-4-6-11(12-3)7-5-10/h4-5,7-8H,6,12H2,1-3H3;4-7,9H,8H2,1-3H3. The van der Waals surface area contributed by atoms with Crippen LogP contribution in [0.2, 0.25) is 0 Å². The number of methoxy groups -OCH3 is 2. The van der Waals surface area contributed by atoms with Crippen LogP contribution in [0.5, 0.6) is 11.5 Å². The van der Waals surface area contributed by atoms with Gasteiger partial charge in [0.25, 0.3) is 0 Å². The van der Waals surface area contributed by atoms with Crippen molar-refractivity contribution in [3.8, 4) is 11.5 Å². The van der Waals surface area contributed by atoms with Gasteiger partial charge in [-0.3, -0.25) is 0 Å². The van der Waals surface area contributed by atoms with Gasteiger partial charge in [0.1, 0.15) is 11.5 Å². The predicted molar refractivity (Wildman–Crippen MR) is 115 cm³/mol. The minimum absolute atomic E-state index is 0.609. The molecule has 2 rings (SSSR count). The van der Waals surface area contributed by atoms with Gasteiger partial charge in [0, 0.05) is 0 Å². The maximum Gasteiger partial charge on any atom is 0.134 e. The summed E-state index contributed by atoms with van der Waals surface area (Å²) in [6.07, 6.45) is 2.16. The zero-order chi connectivity index (χ0) is 20.9. The van der Waals surface area contributed by atoms with Crippen LogP contribution >= 0.6 is 12.0 Å². The van der Waals surface area contributed by atoms with Crippen molar-refractivity contribution in [3.05, 3.63) is 53.6 Å². The van der Waals surface area contributed by atoms with Gasteiger partial charge in [0.05, 0.1) is 31.2 Å². The van der Waals surface area contributed by atoms with Crippen molar-refractivity contribution in [2.75, 3.05) is 14.2 Å². The fraction of sp³-hybridized carbons (Fsp3) is 0.455. The Labute approximate surface area is 173 Å². The molecule has 0 heterocycles. The highest BCUT2D eigenvalue weighted by atomic mass is 32.2. The molecule has 0 saturated carbocycles. The van der Waals surface area contributed by atoms with Crippen molar-refractivity contribution in [3.63, 3.8) is 0 Å². The Morgan fingerprint density at radius 1 is 0.821 bits per heavy atom. The molecule has 0 aromatic heterocycles. The Morgan fingerprint density at radius 3 is 1.89 bits per heavy atom. The second-order valence-corrected chi connectivity index (χ2v) is 8.02. The SMILES string of the molecule is COc1ccc(CC(C)C)cc1.COc1ccc(CC(C)C)cc1SOON. The van der Waals surface area contributed by atoms with Crippen LogP contribution < -0.4 is 15.4 Å². The Hall–Kier alpha value is -1.73. The van der Waals surface area contributed by atoms with E-state index in [2.05, 4.69) is 49.1 Å². The van der Waals surface area contributed by atoms with Crippen molar-refractivity contribution in [2.45, 2.75) is 45.4 Å². The largest absolute Gasteiger partial charge is 0.497 e. The van der Waals surface area contributed by atoms with Crippen LogP contribution in [0.3, 0.4) is 0 Å². The van der Waals surface area contributed by atoms with E-state index in [1.807, 2.05) is 30.3 Å². The average Bonchev–Trinajstić information content (AvgIpc) is 2.66. The molecule has 0 atom stereocenters. The van der Waals surface area contributed by atoms with Crippen molar-refractivity contribution in [2.24, 2.45) is 17.7 Å². The summed E-state index contributed by atoms with van der Waals surface area (Å²) in [6.45, 7) is 8.81. The van der Waals surface area contributed by atoms with Crippen LogP contribution in [-0.2, 0) is 22.2 Å². The molecule has 0 amide bonds. The first-order valence-electron chi connectivity index (χ1n) is 9.39. The average molecular weight is 408 g/mol. The van der Waals surface area contributed by atoms with Crippen LogP contribution in [0, 0.1) is 11.8 Å². The highest BCUT2D eigenvalue weighted by Crippen LogP contribution is 2.31. The minimum atomic E-state index is 0.609. The second kappa shape index (κ2) is 13.4. The van der Waals surface area contributed by atoms with E-state index in [0.29, 0.717) is 5.92 Å². The van der Waals surface area contributed by atoms with Crippen LogP contribution in [0.1, 0.15) is 38.8 Å². The predicted octanol–water partition coefficient (Wildman–Crippen LogP) is 5.62. The van der Waals surface area contributed by atoms with Crippen LogP contribution in [0.15, 0.2) is 47.4 Å². The summed E-state index contributed by atoms with van der Waals surface area (Å²) in [5.74, 6) is 7.81. The lowest BCUT2D eigenvalue weighted by Gasteiger charge is -2.10. The molecule has 2 aromatic rings. The molecule has 6 heteroatoms. The summed E-state index contributed by atoms with van der Waals surface area (Å²) >= 11 is 1.04. The summed E-state index contributed by atoms with van der Waals surface area (Å²) < 4.78 is 14.9. The lowest BCUT2D eigenvalue weighted by atomic mass is 10.0. The maximum atomic E-state index is 5.21. The summed E-state index contributed by atoms with van der Waals surface area (Å²) in [4.78, 5) is 4.93. The lowest BCUT2D eigenvalue weighted by molar-refractivity contribution is -0.195. The van der Waals surface area contributed by atoms with E-state index >= 15 is 0 Å². The molecule has 0 spiro atoms. The molecule has 28 heavy (non-hydrogen) atoms. The van der Waals surface area contributed by atoms with Gasteiger partial charge in [-0.25, -0.2) is 0 Å². The van der Waals surface area contributed by atoms with E-state index < -0.39 is 0 Å². The van der Waals surface area contributed by atoms with Gasteiger partial charge in [0.2, 0.25) is 0 Å². The van der Waals surface area contributed by atoms with E-state index in [9.17, 15) is 0 Å². The van der Waals surface area contributed by atoms with Crippen LogP contribution in [0.4, 0.5) is 0 Å². The minimum Gasteiger partial charge on any atom is -0.497 e. The molecule has 0 aliphatic heterocycles. The topological polar surface area (TPSA) is 62.9 Å². The van der Waals surface area contributed by atoms with E-state index in [1.165, 1.54) is 11.1 Å². The highest BCUT2D eigenvalue weighted by molar-refractivity contribution is 7.94. The van der Waals surface area contributed by atoms with Gasteiger partial charge in [-0.2, -0.15) is 5.90 Å². The first kappa shape index (κ1) is 24.3. The maximum absolute atomic E-state index is 5.21. The smallest absolute Gasteiger partial charge is 0.134 e. The third-order valence-corrected chi connectivity index (χ3v) is 4.48. The molecule has 5 nitrogen and oxygen atoms in total. The van der Waals surface area contributed by atoms with Gasteiger partial charge in [-0.15, -0.1) is 9.32 Å². The second-order valence-electron chi connectivity index (χ2n) is 7.28. The molecular formula is C22H33NO4S. The molecular weight excluding hydrogens is 374 g/mol. The van der Waals surface area contributed by atoms with E-state index in [4.69, 9.17) is 15.4 Å². The number of hydrogen-bond acceptors (Lipinski definition) is 6. The van der Waals surface area contributed by atoms with Crippen LogP contribution in [-0.4, -0.2) is 14.2 Å². The van der Waals surface area contributed by atoms with E-state index in [0.717, 1.165) is 47.2 Å².